The number of thioether (sulfide) groups is 1. The minimum Gasteiger partial charge on any atom is -0.508 e. The van der Waals surface area contributed by atoms with Crippen molar-refractivity contribution in [2.24, 2.45) is 5.73 Å². The molecule has 0 amide bonds. The summed E-state index contributed by atoms with van der Waals surface area (Å²) in [4.78, 5) is -0.135. The maximum atomic E-state index is 12.3. The van der Waals surface area contributed by atoms with Crippen LogP contribution in [0.15, 0.2) is 23.1 Å². The molecule has 90 valence electrons. The fraction of sp³-hybridized carbons (Fsp3) is 0.333. The van der Waals surface area contributed by atoms with Crippen molar-refractivity contribution in [3.63, 3.8) is 0 Å². The summed E-state index contributed by atoms with van der Waals surface area (Å²) in [6.45, 7) is -0.951. The van der Waals surface area contributed by atoms with Gasteiger partial charge < -0.3 is 10.8 Å². The van der Waals surface area contributed by atoms with Crippen LogP contribution < -0.4 is 5.73 Å². The number of benzene rings is 1. The van der Waals surface area contributed by atoms with Gasteiger partial charge in [0.2, 0.25) is 0 Å². The number of phenols is 1. The van der Waals surface area contributed by atoms with Crippen molar-refractivity contribution in [2.45, 2.75) is 16.4 Å². The van der Waals surface area contributed by atoms with Crippen molar-refractivity contribution in [2.75, 3.05) is 6.67 Å². The van der Waals surface area contributed by atoms with E-state index in [2.05, 4.69) is 0 Å². The molecule has 0 fully saturated rings. The largest absolute Gasteiger partial charge is 0.508 e. The molecule has 0 saturated heterocycles. The van der Waals surface area contributed by atoms with E-state index in [9.17, 15) is 22.7 Å². The molecule has 0 saturated carbocycles. The maximum absolute atomic E-state index is 12.3. The van der Waals surface area contributed by atoms with Gasteiger partial charge in [0.15, 0.2) is 0 Å². The van der Waals surface area contributed by atoms with Gasteiger partial charge in [-0.05, 0) is 30.0 Å². The Labute approximate surface area is 93.4 Å². The highest BCUT2D eigenvalue weighted by Crippen LogP contribution is 2.39. The molecule has 16 heavy (non-hydrogen) atoms. The van der Waals surface area contributed by atoms with E-state index >= 15 is 0 Å². The molecule has 0 aliphatic carbocycles. The van der Waals surface area contributed by atoms with Gasteiger partial charge in [0.25, 0.3) is 0 Å². The van der Waals surface area contributed by atoms with Gasteiger partial charge in [0.1, 0.15) is 12.4 Å². The number of alkyl halides is 4. The van der Waals surface area contributed by atoms with Crippen molar-refractivity contribution in [1.82, 2.24) is 0 Å². The molecule has 1 aromatic rings. The van der Waals surface area contributed by atoms with Crippen LogP contribution in [0.4, 0.5) is 17.6 Å². The third-order valence-corrected chi connectivity index (χ3v) is 2.52. The second-order valence-corrected chi connectivity index (χ2v) is 4.17. The van der Waals surface area contributed by atoms with Crippen LogP contribution in [0, 0.1) is 0 Å². The predicted octanol–water partition coefficient (Wildman–Crippen LogP) is 2.97. The third kappa shape index (κ3) is 3.57. The Morgan fingerprint density at radius 2 is 2.00 bits per heavy atom. The first-order chi connectivity index (χ1) is 7.33. The lowest BCUT2D eigenvalue weighted by Gasteiger charge is -2.12. The van der Waals surface area contributed by atoms with Crippen LogP contribution in [0.3, 0.4) is 0 Å². The van der Waals surface area contributed by atoms with Crippen molar-refractivity contribution < 1.29 is 22.7 Å². The summed E-state index contributed by atoms with van der Waals surface area (Å²) in [7, 11) is 0. The number of hydrogen-bond donors (Lipinski definition) is 2. The second kappa shape index (κ2) is 4.92. The first kappa shape index (κ1) is 13.1. The molecule has 2 nitrogen and oxygen atoms in total. The molecule has 3 N–H and O–H groups in total. The van der Waals surface area contributed by atoms with Gasteiger partial charge in [-0.3, -0.25) is 0 Å². The summed E-state index contributed by atoms with van der Waals surface area (Å²) in [5.41, 5.74) is 0.849. The molecule has 0 aliphatic rings. The van der Waals surface area contributed by atoms with Gasteiger partial charge >= 0.3 is 5.51 Å². The first-order valence-corrected chi connectivity index (χ1v) is 5.05. The number of halogens is 4. The minimum absolute atomic E-state index is 0.0308. The van der Waals surface area contributed by atoms with E-state index in [1.807, 2.05) is 0 Å². The molecule has 1 atom stereocenters. The van der Waals surface area contributed by atoms with Crippen LogP contribution in [-0.2, 0) is 0 Å². The molecule has 7 heteroatoms. The number of nitrogens with two attached hydrogens (primary N) is 1. The summed E-state index contributed by atoms with van der Waals surface area (Å²) in [5.74, 6) is -0.309. The summed E-state index contributed by atoms with van der Waals surface area (Å²) in [6.07, 6.45) is 0. The highest BCUT2D eigenvalue weighted by molar-refractivity contribution is 8.00. The maximum Gasteiger partial charge on any atom is 0.446 e. The average molecular weight is 255 g/mol. The summed E-state index contributed by atoms with van der Waals surface area (Å²) in [5, 5.41) is 9.30. The minimum atomic E-state index is -4.42. The first-order valence-electron chi connectivity index (χ1n) is 4.23. The Kier molecular flexibility index (Phi) is 4.03. The van der Waals surface area contributed by atoms with Crippen molar-refractivity contribution >= 4 is 11.8 Å². The van der Waals surface area contributed by atoms with Gasteiger partial charge in [-0.25, -0.2) is 4.39 Å². The standard InChI is InChI=1S/C9H9F4NOS/c10-4-7(14)6-3-5(1-2-8(6)15)16-9(11,12)13/h1-3,7,15H,4,14H2/t7-/m1/s1. The van der Waals surface area contributed by atoms with Crippen LogP contribution in [0.5, 0.6) is 5.75 Å². The zero-order valence-corrected chi connectivity index (χ0v) is 8.78. The van der Waals surface area contributed by atoms with Crippen LogP contribution in [0.2, 0.25) is 0 Å². The van der Waals surface area contributed by atoms with E-state index in [-0.39, 0.29) is 28.0 Å². The quantitative estimate of drug-likeness (QED) is 0.644. The molecular formula is C9H9F4NOS. The van der Waals surface area contributed by atoms with E-state index in [4.69, 9.17) is 5.73 Å². The smallest absolute Gasteiger partial charge is 0.446 e. The fourth-order valence-electron chi connectivity index (χ4n) is 1.11. The molecular weight excluding hydrogens is 246 g/mol. The molecule has 0 aromatic heterocycles. The topological polar surface area (TPSA) is 46.2 Å². The van der Waals surface area contributed by atoms with Gasteiger partial charge in [0.05, 0.1) is 6.04 Å². The zero-order chi connectivity index (χ0) is 12.3. The van der Waals surface area contributed by atoms with Crippen molar-refractivity contribution in [1.29, 1.82) is 0 Å². The molecule has 0 heterocycles. The Morgan fingerprint density at radius 3 is 2.50 bits per heavy atom. The van der Waals surface area contributed by atoms with Gasteiger partial charge in [-0.15, -0.1) is 0 Å². The Hall–Kier alpha value is -0.950. The van der Waals surface area contributed by atoms with Crippen LogP contribution in [0.1, 0.15) is 11.6 Å². The zero-order valence-electron chi connectivity index (χ0n) is 7.96. The highest BCUT2D eigenvalue weighted by Gasteiger charge is 2.29. The Bertz CT molecular complexity index is 369. The van der Waals surface area contributed by atoms with E-state index in [0.717, 1.165) is 18.2 Å². The summed E-state index contributed by atoms with van der Waals surface area (Å²) < 4.78 is 48.4. The molecule has 0 spiro atoms. The Balaban J connectivity index is 2.98. The number of hydrogen-bond acceptors (Lipinski definition) is 3. The molecule has 0 unspecified atom stereocenters. The molecule has 1 rings (SSSR count). The lowest BCUT2D eigenvalue weighted by molar-refractivity contribution is -0.0328. The highest BCUT2D eigenvalue weighted by atomic mass is 32.2. The van der Waals surface area contributed by atoms with Crippen molar-refractivity contribution in [3.05, 3.63) is 23.8 Å². The summed E-state index contributed by atoms with van der Waals surface area (Å²) in [6, 6.07) is 2.09. The SMILES string of the molecule is N[C@H](CF)c1cc(SC(F)(F)F)ccc1O. The van der Waals surface area contributed by atoms with E-state index in [1.54, 1.807) is 0 Å². The monoisotopic (exact) mass is 255 g/mol. The normalized spacial score (nSPS) is 13.8. The molecule has 0 radical (unpaired) electrons. The Morgan fingerprint density at radius 1 is 1.38 bits per heavy atom. The number of aromatic hydroxyl groups is 1. The van der Waals surface area contributed by atoms with Crippen LogP contribution >= 0.6 is 11.8 Å². The van der Waals surface area contributed by atoms with E-state index in [1.165, 1.54) is 0 Å². The fourth-order valence-corrected chi connectivity index (χ4v) is 1.70. The number of rotatable bonds is 3. The van der Waals surface area contributed by atoms with Gasteiger partial charge in [-0.1, -0.05) is 0 Å². The van der Waals surface area contributed by atoms with E-state index < -0.39 is 18.2 Å². The lowest BCUT2D eigenvalue weighted by Crippen LogP contribution is -2.12. The van der Waals surface area contributed by atoms with Crippen LogP contribution in [0.25, 0.3) is 0 Å². The molecule has 0 aliphatic heterocycles. The average Bonchev–Trinajstić information content (AvgIpc) is 2.18. The van der Waals surface area contributed by atoms with Crippen LogP contribution in [-0.4, -0.2) is 17.3 Å². The molecule has 0 bridgehead atoms. The van der Waals surface area contributed by atoms with Gasteiger partial charge in [0, 0.05) is 10.5 Å². The lowest BCUT2D eigenvalue weighted by atomic mass is 10.1. The van der Waals surface area contributed by atoms with Crippen molar-refractivity contribution in [3.8, 4) is 5.75 Å². The molecule has 1 aromatic carbocycles. The second-order valence-electron chi connectivity index (χ2n) is 3.03. The predicted molar refractivity (Wildman–Crippen MR) is 52.9 cm³/mol. The van der Waals surface area contributed by atoms with E-state index in [0.29, 0.717) is 0 Å². The summed E-state index contributed by atoms with van der Waals surface area (Å²) >= 11 is -0.338. The third-order valence-electron chi connectivity index (χ3n) is 1.80. The van der Waals surface area contributed by atoms with Gasteiger partial charge in [-0.2, -0.15) is 13.2 Å². The number of phenolic OH excluding ortho intramolecular Hbond substituents is 1.